The quantitative estimate of drug-likeness (QED) is 0.0957. The van der Waals surface area contributed by atoms with Gasteiger partial charge in [0, 0.05) is 25.2 Å². The first-order valence-corrected chi connectivity index (χ1v) is 21.5. The molecule has 0 saturated heterocycles. The number of hydrogen-bond acceptors (Lipinski definition) is 8. The molecule has 0 saturated carbocycles. The fourth-order valence-electron chi connectivity index (χ4n) is 8.60. The monoisotopic (exact) mass is 818 g/mol. The lowest BCUT2D eigenvalue weighted by Crippen LogP contribution is -2.33. The van der Waals surface area contributed by atoms with E-state index in [0.717, 1.165) is 72.7 Å². The van der Waals surface area contributed by atoms with E-state index in [2.05, 4.69) is 123 Å². The normalized spacial score (nSPS) is 16.4. The predicted molar refractivity (Wildman–Crippen MR) is 242 cm³/mol. The van der Waals surface area contributed by atoms with Crippen LogP contribution in [0.25, 0.3) is 0 Å². The molecule has 6 aromatic carbocycles. The number of nitrogens with zero attached hydrogens (tertiary/aromatic N) is 2. The molecule has 8 rings (SSSR count). The highest BCUT2D eigenvalue weighted by Crippen LogP contribution is 2.44. The van der Waals surface area contributed by atoms with Crippen LogP contribution in [0.1, 0.15) is 70.4 Å². The molecule has 2 heterocycles. The summed E-state index contributed by atoms with van der Waals surface area (Å²) in [5, 5.41) is 0. The molecule has 6 aromatic rings. The first kappa shape index (κ1) is 41.8. The average Bonchev–Trinajstić information content (AvgIpc) is 3.28. The maximum absolute atomic E-state index is 6.99. The predicted octanol–water partition coefficient (Wildman–Crippen LogP) is 11.0. The van der Waals surface area contributed by atoms with Gasteiger partial charge in [-0.05, 0) is 147 Å². The van der Waals surface area contributed by atoms with Gasteiger partial charge in [0.1, 0.15) is 19.0 Å². The van der Waals surface area contributed by atoms with Crippen LogP contribution in [0.3, 0.4) is 0 Å². The Bertz CT molecular complexity index is 2380. The van der Waals surface area contributed by atoms with Crippen LogP contribution in [0.5, 0.6) is 40.2 Å². The van der Waals surface area contributed by atoms with Crippen molar-refractivity contribution in [2.45, 2.75) is 70.9 Å². The minimum atomic E-state index is 0.109. The zero-order valence-electron chi connectivity index (χ0n) is 36.4. The van der Waals surface area contributed by atoms with E-state index < -0.39 is 0 Å². The lowest BCUT2D eigenvalue weighted by molar-refractivity contribution is 0.226. The maximum Gasteiger partial charge on any atom is 0.169 e. The van der Waals surface area contributed by atoms with Gasteiger partial charge in [-0.3, -0.25) is 9.80 Å². The van der Waals surface area contributed by atoms with Crippen molar-refractivity contribution in [1.82, 2.24) is 9.80 Å². The number of rotatable bonds is 16. The Morgan fingerprint density at radius 2 is 1.00 bits per heavy atom. The molecule has 0 fully saturated rings. The number of methoxy groups -OCH3 is 2. The summed E-state index contributed by atoms with van der Waals surface area (Å²) in [7, 11) is 7.84. The first-order valence-electron chi connectivity index (χ1n) is 21.5. The Kier molecular flexibility index (Phi) is 13.1. The molecular weight excluding hydrogens is 761 g/mol. The van der Waals surface area contributed by atoms with Crippen molar-refractivity contribution >= 4 is 0 Å². The summed E-state index contributed by atoms with van der Waals surface area (Å²) in [5.41, 5.74) is 9.64. The van der Waals surface area contributed by atoms with Gasteiger partial charge in [-0.2, -0.15) is 0 Å². The summed E-state index contributed by atoms with van der Waals surface area (Å²) in [6.07, 6.45) is 3.62. The number of likely N-dealkylation sites (N-methyl/N-ethyl adjacent to an activating group) is 2. The van der Waals surface area contributed by atoms with E-state index >= 15 is 0 Å². The molecule has 2 aliphatic rings. The summed E-state index contributed by atoms with van der Waals surface area (Å²) in [6.45, 7) is 6.88. The molecule has 0 aromatic heterocycles. The third-order valence-electron chi connectivity index (χ3n) is 12.0. The van der Waals surface area contributed by atoms with Crippen molar-refractivity contribution in [1.29, 1.82) is 0 Å². The van der Waals surface area contributed by atoms with Crippen molar-refractivity contribution in [3.63, 3.8) is 0 Å². The van der Waals surface area contributed by atoms with Gasteiger partial charge >= 0.3 is 0 Å². The van der Waals surface area contributed by atoms with Crippen LogP contribution in [-0.2, 0) is 38.9 Å². The fraction of sp³-hybridized carbons (Fsp3) is 0.321. The molecule has 0 radical (unpaired) electrons. The molecule has 0 bridgehead atoms. The summed E-state index contributed by atoms with van der Waals surface area (Å²) in [4.78, 5) is 4.88. The highest BCUT2D eigenvalue weighted by atomic mass is 16.5. The van der Waals surface area contributed by atoms with Crippen LogP contribution in [0.4, 0.5) is 0 Å². The number of fused-ring (bicyclic) bond motifs is 2. The van der Waals surface area contributed by atoms with Gasteiger partial charge in [-0.25, -0.2) is 0 Å². The number of benzene rings is 6. The Morgan fingerprint density at radius 3 is 1.56 bits per heavy atom. The third kappa shape index (κ3) is 9.99. The molecule has 316 valence electrons. The minimum Gasteiger partial charge on any atom is -0.493 e. The topological polar surface area (TPSA) is 61.9 Å². The van der Waals surface area contributed by atoms with E-state index in [-0.39, 0.29) is 18.2 Å². The lowest BCUT2D eigenvalue weighted by atomic mass is 9.88. The van der Waals surface area contributed by atoms with E-state index in [0.29, 0.717) is 36.2 Å². The summed E-state index contributed by atoms with van der Waals surface area (Å²) in [6, 6.07) is 44.3. The highest BCUT2D eigenvalue weighted by molar-refractivity contribution is 5.55. The standard InChI is InChI=1S/C53H58N2O6/c1-36(2)60-43-20-17-37(18-21-43)27-46-45-33-53(50(57-6)31-42(45)24-25-54(46)3)61-52-29-40(19-22-48(52)58-34-38-13-9-7-10-14-38)28-47-44-32-51(59-35-39-15-11-8-12-16-39)49(56-5)30-41(44)23-26-55(47)4/h7-22,29-33,36,46-47H,23-28,34-35H2,1-6H3/t46-,47-/m1/s1. The van der Waals surface area contributed by atoms with Gasteiger partial charge in [-0.15, -0.1) is 0 Å². The molecule has 2 aliphatic heterocycles. The average molecular weight is 819 g/mol. The fourth-order valence-corrected chi connectivity index (χ4v) is 8.60. The molecule has 2 atom stereocenters. The molecular formula is C53H58N2O6. The van der Waals surface area contributed by atoms with E-state index in [9.17, 15) is 0 Å². The molecule has 0 spiro atoms. The van der Waals surface area contributed by atoms with E-state index in [4.69, 9.17) is 28.4 Å². The van der Waals surface area contributed by atoms with E-state index in [1.54, 1.807) is 14.2 Å². The van der Waals surface area contributed by atoms with Gasteiger partial charge in [0.2, 0.25) is 0 Å². The van der Waals surface area contributed by atoms with Gasteiger partial charge in [-0.1, -0.05) is 78.9 Å². The van der Waals surface area contributed by atoms with E-state index in [1.807, 2.05) is 42.5 Å². The van der Waals surface area contributed by atoms with Crippen molar-refractivity contribution in [3.8, 4) is 40.2 Å². The SMILES string of the molecule is COc1cc2c(cc1OCc1ccccc1)[C@@H](Cc1ccc(OCc3ccccc3)c(Oc3cc4c(cc3OC)CCN(C)[C@@H]4Cc3ccc(OC(C)C)cc3)c1)N(C)CC2. The van der Waals surface area contributed by atoms with Crippen LogP contribution in [0.2, 0.25) is 0 Å². The second-order valence-electron chi connectivity index (χ2n) is 16.5. The molecule has 8 nitrogen and oxygen atoms in total. The Labute approximate surface area is 361 Å². The number of hydrogen-bond donors (Lipinski definition) is 0. The Hall–Kier alpha value is -5.96. The molecule has 0 N–H and O–H groups in total. The largest absolute Gasteiger partial charge is 0.493 e. The highest BCUT2D eigenvalue weighted by Gasteiger charge is 2.30. The Balaban J connectivity index is 1.11. The van der Waals surface area contributed by atoms with Crippen molar-refractivity contribution in [3.05, 3.63) is 172 Å². The lowest BCUT2D eigenvalue weighted by Gasteiger charge is -2.36. The smallest absolute Gasteiger partial charge is 0.169 e. The van der Waals surface area contributed by atoms with Crippen LogP contribution in [0.15, 0.2) is 127 Å². The molecule has 0 amide bonds. The van der Waals surface area contributed by atoms with E-state index in [1.165, 1.54) is 27.8 Å². The zero-order chi connectivity index (χ0) is 42.3. The van der Waals surface area contributed by atoms with Crippen LogP contribution >= 0.6 is 0 Å². The van der Waals surface area contributed by atoms with Crippen LogP contribution in [0, 0.1) is 0 Å². The van der Waals surface area contributed by atoms with Gasteiger partial charge in [0.15, 0.2) is 34.5 Å². The van der Waals surface area contributed by atoms with Crippen LogP contribution in [-0.4, -0.2) is 57.3 Å². The Morgan fingerprint density at radius 1 is 0.508 bits per heavy atom. The van der Waals surface area contributed by atoms with Gasteiger partial charge in [0.05, 0.1) is 20.3 Å². The molecule has 0 unspecified atom stereocenters. The minimum absolute atomic E-state index is 0.109. The second-order valence-corrected chi connectivity index (χ2v) is 16.5. The summed E-state index contributed by atoms with van der Waals surface area (Å²) >= 11 is 0. The number of ether oxygens (including phenoxy) is 6. The van der Waals surface area contributed by atoms with Crippen LogP contribution < -0.4 is 28.4 Å². The van der Waals surface area contributed by atoms with Crippen molar-refractivity contribution < 1.29 is 28.4 Å². The molecule has 8 heteroatoms. The van der Waals surface area contributed by atoms with Crippen molar-refractivity contribution in [2.75, 3.05) is 41.4 Å². The molecule has 0 aliphatic carbocycles. The van der Waals surface area contributed by atoms with Crippen molar-refractivity contribution in [2.24, 2.45) is 0 Å². The maximum atomic E-state index is 6.99. The summed E-state index contributed by atoms with van der Waals surface area (Å²) < 4.78 is 37.7. The first-order chi connectivity index (χ1) is 29.7. The van der Waals surface area contributed by atoms with Gasteiger partial charge in [0.25, 0.3) is 0 Å². The zero-order valence-corrected chi connectivity index (χ0v) is 36.4. The van der Waals surface area contributed by atoms with Gasteiger partial charge < -0.3 is 28.4 Å². The summed E-state index contributed by atoms with van der Waals surface area (Å²) in [5.74, 6) is 5.08. The second kappa shape index (κ2) is 19.2. The third-order valence-corrected chi connectivity index (χ3v) is 12.0. The molecule has 61 heavy (non-hydrogen) atoms.